The highest BCUT2D eigenvalue weighted by molar-refractivity contribution is 5.05. The summed E-state index contributed by atoms with van der Waals surface area (Å²) in [6.45, 7) is 12.2. The van der Waals surface area contributed by atoms with Crippen molar-refractivity contribution in [2.45, 2.75) is 33.1 Å². The molecule has 1 atom stereocenters. The van der Waals surface area contributed by atoms with Crippen molar-refractivity contribution in [3.63, 3.8) is 0 Å². The smallest absolute Gasteiger partial charge is 0.0109 e. The Morgan fingerprint density at radius 3 is 2.42 bits per heavy atom. The Hall–Kier alpha value is -0.120. The van der Waals surface area contributed by atoms with Gasteiger partial charge in [-0.25, -0.2) is 0 Å². The molecule has 1 spiro atoms. The van der Waals surface area contributed by atoms with Gasteiger partial charge in [-0.1, -0.05) is 13.8 Å². The Morgan fingerprint density at radius 2 is 1.84 bits per heavy atom. The van der Waals surface area contributed by atoms with Gasteiger partial charge in [-0.2, -0.15) is 0 Å². The number of hydrogen-bond acceptors (Lipinski definition) is 3. The molecule has 0 amide bonds. The molecule has 3 nitrogen and oxygen atoms in total. The normalized spacial score (nSPS) is 25.7. The van der Waals surface area contributed by atoms with E-state index in [1.165, 1.54) is 58.5 Å². The topological polar surface area (TPSA) is 18.5 Å². The van der Waals surface area contributed by atoms with Crippen LogP contribution >= 0.6 is 0 Å². The average molecular weight is 267 g/mol. The Bertz CT molecular complexity index is 269. The minimum atomic E-state index is 0.735. The Kier molecular flexibility index (Phi) is 5.27. The van der Waals surface area contributed by atoms with E-state index in [-0.39, 0.29) is 0 Å². The summed E-state index contributed by atoms with van der Waals surface area (Å²) in [6, 6.07) is 0. The van der Waals surface area contributed by atoms with Crippen molar-refractivity contribution < 1.29 is 0 Å². The van der Waals surface area contributed by atoms with E-state index in [1.807, 2.05) is 0 Å². The minimum absolute atomic E-state index is 0.735. The quantitative estimate of drug-likeness (QED) is 0.760. The highest BCUT2D eigenvalue weighted by Gasteiger charge is 2.53. The van der Waals surface area contributed by atoms with Gasteiger partial charge in [0.2, 0.25) is 0 Å². The largest absolute Gasteiger partial charge is 0.317 e. The highest BCUT2D eigenvalue weighted by atomic mass is 15.2. The molecule has 0 aromatic carbocycles. The summed E-state index contributed by atoms with van der Waals surface area (Å²) < 4.78 is 0. The number of hydrogen-bond donors (Lipinski definition) is 1. The maximum absolute atomic E-state index is 3.51. The van der Waals surface area contributed by atoms with Crippen LogP contribution in [0.1, 0.15) is 33.1 Å². The van der Waals surface area contributed by atoms with E-state index in [4.69, 9.17) is 0 Å². The lowest BCUT2D eigenvalue weighted by Gasteiger charge is -2.29. The SMILES string of the molecule is CC(C)CN(CCN(C)C)CC1CC12CCNCC2. The van der Waals surface area contributed by atoms with Gasteiger partial charge >= 0.3 is 0 Å². The zero-order valence-corrected chi connectivity index (χ0v) is 13.4. The monoisotopic (exact) mass is 267 g/mol. The van der Waals surface area contributed by atoms with Gasteiger partial charge in [0.25, 0.3) is 0 Å². The zero-order chi connectivity index (χ0) is 13.9. The van der Waals surface area contributed by atoms with Crippen LogP contribution in [-0.4, -0.2) is 63.2 Å². The fourth-order valence-corrected chi connectivity index (χ4v) is 3.65. The van der Waals surface area contributed by atoms with Gasteiger partial charge in [0.05, 0.1) is 0 Å². The first kappa shape index (κ1) is 15.3. The molecule has 0 aromatic rings. The maximum atomic E-state index is 3.51. The predicted octanol–water partition coefficient (Wildman–Crippen LogP) is 1.90. The van der Waals surface area contributed by atoms with Crippen LogP contribution in [0.5, 0.6) is 0 Å². The molecule has 1 saturated carbocycles. The van der Waals surface area contributed by atoms with Crippen molar-refractivity contribution in [3.05, 3.63) is 0 Å². The van der Waals surface area contributed by atoms with Crippen LogP contribution in [-0.2, 0) is 0 Å². The van der Waals surface area contributed by atoms with Gasteiger partial charge in [0.15, 0.2) is 0 Å². The minimum Gasteiger partial charge on any atom is -0.317 e. The molecule has 3 heteroatoms. The van der Waals surface area contributed by atoms with Crippen molar-refractivity contribution in [1.29, 1.82) is 0 Å². The lowest BCUT2D eigenvalue weighted by molar-refractivity contribution is 0.193. The van der Waals surface area contributed by atoms with Crippen molar-refractivity contribution in [1.82, 2.24) is 15.1 Å². The van der Waals surface area contributed by atoms with Gasteiger partial charge in [-0.05, 0) is 63.7 Å². The second kappa shape index (κ2) is 6.55. The van der Waals surface area contributed by atoms with Gasteiger partial charge in [0.1, 0.15) is 0 Å². The van der Waals surface area contributed by atoms with Crippen molar-refractivity contribution >= 4 is 0 Å². The predicted molar refractivity (Wildman–Crippen MR) is 82.5 cm³/mol. The molecular formula is C16H33N3. The number of likely N-dealkylation sites (N-methyl/N-ethyl adjacent to an activating group) is 1. The summed E-state index contributed by atoms with van der Waals surface area (Å²) in [5.41, 5.74) is 0.735. The van der Waals surface area contributed by atoms with Crippen LogP contribution in [0.15, 0.2) is 0 Å². The van der Waals surface area contributed by atoms with Gasteiger partial charge in [0, 0.05) is 26.2 Å². The zero-order valence-electron chi connectivity index (χ0n) is 13.4. The Labute approximate surface area is 119 Å². The van der Waals surface area contributed by atoms with Crippen molar-refractivity contribution in [2.24, 2.45) is 17.3 Å². The van der Waals surface area contributed by atoms with Crippen LogP contribution in [0.4, 0.5) is 0 Å². The van der Waals surface area contributed by atoms with Gasteiger partial charge < -0.3 is 15.1 Å². The van der Waals surface area contributed by atoms with Crippen molar-refractivity contribution in [3.8, 4) is 0 Å². The maximum Gasteiger partial charge on any atom is 0.0109 e. The molecule has 1 saturated heterocycles. The van der Waals surface area contributed by atoms with Crippen LogP contribution in [0.3, 0.4) is 0 Å². The molecule has 0 bridgehead atoms. The van der Waals surface area contributed by atoms with Crippen LogP contribution in [0.2, 0.25) is 0 Å². The molecular weight excluding hydrogens is 234 g/mol. The van der Waals surface area contributed by atoms with E-state index in [0.717, 1.165) is 17.3 Å². The Balaban J connectivity index is 1.79. The third kappa shape index (κ3) is 4.44. The molecule has 2 rings (SSSR count). The van der Waals surface area contributed by atoms with Gasteiger partial charge in [-0.15, -0.1) is 0 Å². The summed E-state index contributed by atoms with van der Waals surface area (Å²) in [4.78, 5) is 5.02. The van der Waals surface area contributed by atoms with Crippen molar-refractivity contribution in [2.75, 3.05) is 53.4 Å². The lowest BCUT2D eigenvalue weighted by Crippen LogP contribution is -2.37. The van der Waals surface area contributed by atoms with E-state index in [2.05, 4.69) is 43.1 Å². The first-order valence-corrected chi connectivity index (χ1v) is 8.10. The molecule has 2 fully saturated rings. The molecule has 1 aliphatic carbocycles. The molecule has 1 aliphatic heterocycles. The summed E-state index contributed by atoms with van der Waals surface area (Å²) >= 11 is 0. The fourth-order valence-electron chi connectivity index (χ4n) is 3.65. The lowest BCUT2D eigenvalue weighted by atomic mass is 9.92. The third-order valence-corrected chi connectivity index (χ3v) is 4.92. The summed E-state index contributed by atoms with van der Waals surface area (Å²) in [5.74, 6) is 1.76. The summed E-state index contributed by atoms with van der Waals surface area (Å²) in [6.07, 6.45) is 4.33. The molecule has 0 radical (unpaired) electrons. The molecule has 1 unspecified atom stereocenters. The van der Waals surface area contributed by atoms with E-state index in [1.54, 1.807) is 0 Å². The fraction of sp³-hybridized carbons (Fsp3) is 1.00. The van der Waals surface area contributed by atoms with E-state index >= 15 is 0 Å². The van der Waals surface area contributed by atoms with Crippen LogP contribution < -0.4 is 5.32 Å². The molecule has 0 aromatic heterocycles. The number of nitrogens with zero attached hydrogens (tertiary/aromatic N) is 2. The molecule has 19 heavy (non-hydrogen) atoms. The van der Waals surface area contributed by atoms with Crippen LogP contribution in [0, 0.1) is 17.3 Å². The second-order valence-electron chi connectivity index (χ2n) is 7.47. The summed E-state index contributed by atoms with van der Waals surface area (Å²) in [5, 5.41) is 3.51. The van der Waals surface area contributed by atoms with Crippen LogP contribution in [0.25, 0.3) is 0 Å². The van der Waals surface area contributed by atoms with E-state index in [9.17, 15) is 0 Å². The standard InChI is InChI=1S/C16H33N3/c1-14(2)12-19(10-9-18(3)4)13-15-11-16(15)5-7-17-8-6-16/h14-15,17H,5-13H2,1-4H3. The van der Waals surface area contributed by atoms with Gasteiger partial charge in [-0.3, -0.25) is 0 Å². The molecule has 2 aliphatic rings. The highest BCUT2D eigenvalue weighted by Crippen LogP contribution is 2.58. The summed E-state index contributed by atoms with van der Waals surface area (Å²) in [7, 11) is 4.36. The Morgan fingerprint density at radius 1 is 1.16 bits per heavy atom. The first-order valence-electron chi connectivity index (χ1n) is 8.10. The molecule has 1 N–H and O–H groups in total. The number of rotatable bonds is 7. The number of piperidine rings is 1. The third-order valence-electron chi connectivity index (χ3n) is 4.92. The van der Waals surface area contributed by atoms with E-state index < -0.39 is 0 Å². The van der Waals surface area contributed by atoms with E-state index in [0.29, 0.717) is 0 Å². The second-order valence-corrected chi connectivity index (χ2v) is 7.47. The first-order chi connectivity index (χ1) is 9.02. The molecule has 1 heterocycles. The molecule has 112 valence electrons. The number of nitrogens with one attached hydrogen (secondary N) is 1. The average Bonchev–Trinajstić information content (AvgIpc) is 2.98.